The average molecular weight is 344 g/mol. The predicted molar refractivity (Wildman–Crippen MR) is 88.2 cm³/mol. The Morgan fingerprint density at radius 2 is 2.20 bits per heavy atom. The van der Waals surface area contributed by atoms with Crippen LogP contribution in [0.1, 0.15) is 39.0 Å². The average Bonchev–Trinajstić information content (AvgIpc) is 3.03. The van der Waals surface area contributed by atoms with Crippen molar-refractivity contribution in [3.05, 3.63) is 23.8 Å². The molecule has 134 valence electrons. The summed E-state index contributed by atoms with van der Waals surface area (Å²) in [6.07, 6.45) is 4.99. The van der Waals surface area contributed by atoms with E-state index in [1.165, 1.54) is 7.11 Å². The van der Waals surface area contributed by atoms with E-state index < -0.39 is 28.5 Å². The largest absolute Gasteiger partial charge is 0.469 e. The maximum atomic E-state index is 13.0. The Morgan fingerprint density at radius 1 is 1.44 bits per heavy atom. The third-order valence-corrected chi connectivity index (χ3v) is 7.95. The SMILES string of the molecule is C=C1C[C@]23C[C@H]1[C@@H](O)C=C2[C@@]12CCC[C@@](C)(C(=O)O1)[C@H]2[C@H]3C(=O)OC. The summed E-state index contributed by atoms with van der Waals surface area (Å²) in [7, 11) is 1.42. The molecule has 0 unspecified atom stereocenters. The summed E-state index contributed by atoms with van der Waals surface area (Å²) in [5.74, 6) is -1.09. The molecule has 1 aliphatic heterocycles. The first-order valence-corrected chi connectivity index (χ1v) is 9.20. The van der Waals surface area contributed by atoms with Crippen LogP contribution < -0.4 is 0 Å². The summed E-state index contributed by atoms with van der Waals surface area (Å²) in [6.45, 7) is 6.13. The fraction of sp³-hybridized carbons (Fsp3) is 0.700. The summed E-state index contributed by atoms with van der Waals surface area (Å²) in [6, 6.07) is 0. The number of ether oxygens (including phenoxy) is 2. The molecule has 3 saturated carbocycles. The van der Waals surface area contributed by atoms with Crippen LogP contribution in [-0.4, -0.2) is 35.9 Å². The molecule has 5 heteroatoms. The molecular formula is C20H24O5. The minimum atomic E-state index is -0.750. The minimum Gasteiger partial charge on any atom is -0.469 e. The van der Waals surface area contributed by atoms with Crippen molar-refractivity contribution in [2.75, 3.05) is 7.11 Å². The summed E-state index contributed by atoms with van der Waals surface area (Å²) in [5, 5.41) is 10.6. The number of esters is 2. The summed E-state index contributed by atoms with van der Waals surface area (Å²) in [4.78, 5) is 25.7. The second kappa shape index (κ2) is 4.37. The van der Waals surface area contributed by atoms with Crippen LogP contribution in [0.3, 0.4) is 0 Å². The van der Waals surface area contributed by atoms with Gasteiger partial charge < -0.3 is 14.6 Å². The van der Waals surface area contributed by atoms with Crippen LogP contribution in [-0.2, 0) is 19.1 Å². The fourth-order valence-electron chi connectivity index (χ4n) is 7.10. The normalized spacial score (nSPS) is 52.4. The zero-order valence-corrected chi connectivity index (χ0v) is 14.7. The van der Waals surface area contributed by atoms with Crippen molar-refractivity contribution in [3.63, 3.8) is 0 Å². The van der Waals surface area contributed by atoms with E-state index in [9.17, 15) is 14.7 Å². The Hall–Kier alpha value is -1.62. The van der Waals surface area contributed by atoms with E-state index in [1.54, 1.807) is 0 Å². The number of aliphatic hydroxyl groups is 1. The Balaban J connectivity index is 1.80. The monoisotopic (exact) mass is 344 g/mol. The highest BCUT2D eigenvalue weighted by Crippen LogP contribution is 2.76. The van der Waals surface area contributed by atoms with Gasteiger partial charge in [-0.3, -0.25) is 9.59 Å². The van der Waals surface area contributed by atoms with Crippen LogP contribution in [0.4, 0.5) is 0 Å². The minimum absolute atomic E-state index is 0.0190. The Labute approximate surface area is 147 Å². The lowest BCUT2D eigenvalue weighted by Crippen LogP contribution is -2.46. The molecule has 5 nitrogen and oxygen atoms in total. The molecule has 1 spiro atoms. The van der Waals surface area contributed by atoms with E-state index in [0.29, 0.717) is 12.8 Å². The van der Waals surface area contributed by atoms with Crippen molar-refractivity contribution in [1.82, 2.24) is 0 Å². The van der Waals surface area contributed by atoms with Gasteiger partial charge in [0.2, 0.25) is 0 Å². The molecule has 1 N–H and O–H groups in total. The molecule has 0 aromatic rings. The quantitative estimate of drug-likeness (QED) is 0.583. The van der Waals surface area contributed by atoms with E-state index in [4.69, 9.17) is 9.47 Å². The molecule has 4 aliphatic carbocycles. The van der Waals surface area contributed by atoms with Gasteiger partial charge in [-0.2, -0.15) is 0 Å². The number of methoxy groups -OCH3 is 1. The molecule has 0 radical (unpaired) electrons. The molecule has 4 bridgehead atoms. The van der Waals surface area contributed by atoms with Gasteiger partial charge in [0.05, 0.1) is 24.5 Å². The Bertz CT molecular complexity index is 753. The smallest absolute Gasteiger partial charge is 0.313 e. The molecule has 5 rings (SSSR count). The fourth-order valence-corrected chi connectivity index (χ4v) is 7.10. The number of hydrogen-bond acceptors (Lipinski definition) is 5. The highest BCUT2D eigenvalue weighted by Gasteiger charge is 2.80. The number of carbonyl (C=O) groups excluding carboxylic acids is 2. The lowest BCUT2D eigenvalue weighted by Gasteiger charge is -2.39. The number of fused-ring (bicyclic) bond motifs is 1. The van der Waals surface area contributed by atoms with E-state index in [1.807, 2.05) is 13.0 Å². The Morgan fingerprint density at radius 3 is 2.92 bits per heavy atom. The van der Waals surface area contributed by atoms with Gasteiger partial charge in [0.1, 0.15) is 5.60 Å². The molecule has 0 amide bonds. The van der Waals surface area contributed by atoms with Gasteiger partial charge >= 0.3 is 11.9 Å². The maximum Gasteiger partial charge on any atom is 0.313 e. The van der Waals surface area contributed by atoms with Crippen molar-refractivity contribution in [2.24, 2.45) is 28.6 Å². The van der Waals surface area contributed by atoms with Crippen molar-refractivity contribution >= 4 is 11.9 Å². The van der Waals surface area contributed by atoms with Crippen LogP contribution in [0, 0.1) is 28.6 Å². The lowest BCUT2D eigenvalue weighted by atomic mass is 9.60. The molecule has 1 saturated heterocycles. The summed E-state index contributed by atoms with van der Waals surface area (Å²) in [5.41, 5.74) is 0.147. The number of hydrogen-bond donors (Lipinski definition) is 1. The third-order valence-electron chi connectivity index (χ3n) is 7.95. The lowest BCUT2D eigenvalue weighted by molar-refractivity contribution is -0.154. The van der Waals surface area contributed by atoms with Crippen LogP contribution >= 0.6 is 0 Å². The highest BCUT2D eigenvalue weighted by molar-refractivity contribution is 5.87. The number of rotatable bonds is 1. The molecule has 7 atom stereocenters. The van der Waals surface area contributed by atoms with Gasteiger partial charge in [-0.15, -0.1) is 0 Å². The maximum absolute atomic E-state index is 13.0. The van der Waals surface area contributed by atoms with Gasteiger partial charge in [-0.1, -0.05) is 18.2 Å². The van der Waals surface area contributed by atoms with Gasteiger partial charge in [0, 0.05) is 17.3 Å². The number of carbonyl (C=O) groups is 2. The van der Waals surface area contributed by atoms with Crippen molar-refractivity contribution in [1.29, 1.82) is 0 Å². The van der Waals surface area contributed by atoms with Gasteiger partial charge in [-0.25, -0.2) is 0 Å². The molecule has 0 aromatic heterocycles. The standard InChI is InChI=1S/C20H24O5/c1-10-8-19-9-11(10)12(21)7-13(19)20-6-4-5-18(2,17(23)25-20)15(20)14(19)16(22)24-3/h7,11-12,14-15,21H,1,4-6,8-9H2,2-3H3/t11-,12+,14+,15-,18-,19+,20-/m1/s1. The van der Waals surface area contributed by atoms with Crippen molar-refractivity contribution in [3.8, 4) is 0 Å². The summed E-state index contributed by atoms with van der Waals surface area (Å²) < 4.78 is 11.3. The third kappa shape index (κ3) is 1.48. The second-order valence-corrected chi connectivity index (χ2v) is 8.90. The van der Waals surface area contributed by atoms with E-state index in [2.05, 4.69) is 6.58 Å². The van der Waals surface area contributed by atoms with E-state index in [0.717, 1.165) is 30.4 Å². The van der Waals surface area contributed by atoms with Crippen LogP contribution in [0.5, 0.6) is 0 Å². The van der Waals surface area contributed by atoms with Gasteiger partial charge in [0.15, 0.2) is 0 Å². The molecule has 1 heterocycles. The van der Waals surface area contributed by atoms with Gasteiger partial charge in [0.25, 0.3) is 0 Å². The van der Waals surface area contributed by atoms with Gasteiger partial charge in [-0.05, 0) is 44.6 Å². The highest BCUT2D eigenvalue weighted by atomic mass is 16.6. The molecule has 5 aliphatic rings. The van der Waals surface area contributed by atoms with Crippen LogP contribution in [0.15, 0.2) is 23.8 Å². The van der Waals surface area contributed by atoms with E-state index in [-0.39, 0.29) is 23.8 Å². The number of aliphatic hydroxyl groups excluding tert-OH is 1. The molecule has 0 aromatic carbocycles. The van der Waals surface area contributed by atoms with Crippen molar-refractivity contribution in [2.45, 2.75) is 50.7 Å². The first-order chi connectivity index (χ1) is 11.8. The second-order valence-electron chi connectivity index (χ2n) is 8.90. The first-order valence-electron chi connectivity index (χ1n) is 9.20. The molecule has 4 fully saturated rings. The first kappa shape index (κ1) is 15.6. The Kier molecular flexibility index (Phi) is 2.73. The van der Waals surface area contributed by atoms with Crippen molar-refractivity contribution < 1.29 is 24.2 Å². The zero-order chi connectivity index (χ0) is 17.8. The summed E-state index contributed by atoms with van der Waals surface area (Å²) >= 11 is 0. The zero-order valence-electron chi connectivity index (χ0n) is 14.7. The van der Waals surface area contributed by atoms with Crippen LogP contribution in [0.2, 0.25) is 0 Å². The molecular weight excluding hydrogens is 320 g/mol. The van der Waals surface area contributed by atoms with E-state index >= 15 is 0 Å². The topological polar surface area (TPSA) is 72.8 Å². The van der Waals surface area contributed by atoms with Crippen LogP contribution in [0.25, 0.3) is 0 Å². The predicted octanol–water partition coefficient (Wildman–Crippen LogP) is 2.14. The molecule has 25 heavy (non-hydrogen) atoms.